The van der Waals surface area contributed by atoms with E-state index in [1.165, 1.54) is 0 Å². The fourth-order valence-corrected chi connectivity index (χ4v) is 1.32. The second kappa shape index (κ2) is 3.96. The van der Waals surface area contributed by atoms with Crippen molar-refractivity contribution < 1.29 is 4.74 Å². The highest BCUT2D eigenvalue weighted by Gasteiger charge is 2.00. The quantitative estimate of drug-likeness (QED) is 0.803. The number of nitrogens with zero attached hydrogens (tertiary/aromatic N) is 1. The van der Waals surface area contributed by atoms with Gasteiger partial charge in [-0.3, -0.25) is 0 Å². The Kier molecular flexibility index (Phi) is 2.49. The molecule has 1 heterocycles. The molecule has 0 aliphatic carbocycles. The number of H-pyrrole nitrogens is 1. The molecule has 3 nitrogen and oxygen atoms in total. The zero-order chi connectivity index (χ0) is 9.80. The minimum atomic E-state index is 0.682. The van der Waals surface area contributed by atoms with E-state index >= 15 is 0 Å². The third-order valence-electron chi connectivity index (χ3n) is 1.92. The molecule has 0 unspecified atom stereocenters. The van der Waals surface area contributed by atoms with Gasteiger partial charge in [-0.05, 0) is 19.1 Å². The van der Waals surface area contributed by atoms with Gasteiger partial charge in [-0.2, -0.15) is 0 Å². The Morgan fingerprint density at radius 3 is 3.07 bits per heavy atom. The van der Waals surface area contributed by atoms with E-state index in [4.69, 9.17) is 4.74 Å². The Balaban J connectivity index is 2.31. The lowest BCUT2D eigenvalue weighted by Crippen LogP contribution is -1.91. The van der Waals surface area contributed by atoms with Gasteiger partial charge in [0.05, 0.1) is 6.61 Å². The number of hydrogen-bond donors (Lipinski definition) is 1. The Labute approximate surface area is 82.8 Å². The summed E-state index contributed by atoms with van der Waals surface area (Å²) in [5.41, 5.74) is 1.04. The molecule has 72 valence electrons. The van der Waals surface area contributed by atoms with Crippen molar-refractivity contribution in [1.82, 2.24) is 9.97 Å². The van der Waals surface area contributed by atoms with Gasteiger partial charge in [0.25, 0.3) is 0 Å². The third kappa shape index (κ3) is 1.76. The Bertz CT molecular complexity index is 395. The molecule has 0 aliphatic rings. The number of imidazole rings is 1. The number of hydrogen-bond acceptors (Lipinski definition) is 2. The molecule has 0 radical (unpaired) electrons. The van der Waals surface area contributed by atoms with E-state index in [1.807, 2.05) is 37.4 Å². The van der Waals surface area contributed by atoms with Crippen LogP contribution in [0.25, 0.3) is 11.4 Å². The number of aromatic amines is 1. The zero-order valence-corrected chi connectivity index (χ0v) is 8.03. The lowest BCUT2D eigenvalue weighted by atomic mass is 10.2. The van der Waals surface area contributed by atoms with Crippen LogP contribution in [0.5, 0.6) is 5.75 Å². The summed E-state index contributed by atoms with van der Waals surface area (Å²) in [4.78, 5) is 7.23. The van der Waals surface area contributed by atoms with Crippen LogP contribution in [-0.2, 0) is 0 Å². The van der Waals surface area contributed by atoms with Crippen LogP contribution in [0.4, 0.5) is 0 Å². The van der Waals surface area contributed by atoms with Crippen LogP contribution in [0.2, 0.25) is 0 Å². The lowest BCUT2D eigenvalue weighted by molar-refractivity contribution is 0.340. The average Bonchev–Trinajstić information content (AvgIpc) is 2.71. The molecule has 0 amide bonds. The molecule has 14 heavy (non-hydrogen) atoms. The predicted molar refractivity (Wildman–Crippen MR) is 55.2 cm³/mol. The minimum absolute atomic E-state index is 0.682. The second-order valence-corrected chi connectivity index (χ2v) is 2.90. The topological polar surface area (TPSA) is 37.9 Å². The van der Waals surface area contributed by atoms with Gasteiger partial charge in [-0.1, -0.05) is 12.1 Å². The maximum Gasteiger partial charge on any atom is 0.137 e. The van der Waals surface area contributed by atoms with E-state index in [0.29, 0.717) is 6.61 Å². The largest absolute Gasteiger partial charge is 0.494 e. The summed E-state index contributed by atoms with van der Waals surface area (Å²) in [6.45, 7) is 2.65. The Morgan fingerprint density at radius 1 is 1.43 bits per heavy atom. The molecular formula is C11H12N2O. The number of ether oxygens (including phenoxy) is 1. The summed E-state index contributed by atoms with van der Waals surface area (Å²) in [6, 6.07) is 7.88. The number of nitrogens with one attached hydrogen (secondary N) is 1. The molecule has 2 aromatic rings. The lowest BCUT2D eigenvalue weighted by Gasteiger charge is -2.03. The molecule has 0 saturated carbocycles. The number of rotatable bonds is 3. The zero-order valence-electron chi connectivity index (χ0n) is 8.03. The van der Waals surface area contributed by atoms with Gasteiger partial charge in [-0.25, -0.2) is 4.98 Å². The average molecular weight is 188 g/mol. The number of benzene rings is 1. The SMILES string of the molecule is CCOc1cccc(-c2ncc[nH]2)c1. The number of aromatic nitrogens is 2. The van der Waals surface area contributed by atoms with Crippen LogP contribution < -0.4 is 4.74 Å². The maximum atomic E-state index is 5.40. The van der Waals surface area contributed by atoms with Gasteiger partial charge >= 0.3 is 0 Å². The van der Waals surface area contributed by atoms with Crippen molar-refractivity contribution in [2.75, 3.05) is 6.61 Å². The second-order valence-electron chi connectivity index (χ2n) is 2.90. The van der Waals surface area contributed by atoms with Crippen molar-refractivity contribution in [3.63, 3.8) is 0 Å². The normalized spacial score (nSPS) is 10.1. The highest BCUT2D eigenvalue weighted by atomic mass is 16.5. The van der Waals surface area contributed by atoms with E-state index in [-0.39, 0.29) is 0 Å². The first-order valence-corrected chi connectivity index (χ1v) is 4.63. The third-order valence-corrected chi connectivity index (χ3v) is 1.92. The first kappa shape index (κ1) is 8.81. The minimum Gasteiger partial charge on any atom is -0.494 e. The molecule has 1 N–H and O–H groups in total. The molecule has 0 fully saturated rings. The van der Waals surface area contributed by atoms with E-state index < -0.39 is 0 Å². The van der Waals surface area contributed by atoms with Gasteiger partial charge in [0.15, 0.2) is 0 Å². The van der Waals surface area contributed by atoms with E-state index in [9.17, 15) is 0 Å². The molecule has 1 aromatic heterocycles. The molecule has 0 saturated heterocycles. The summed E-state index contributed by atoms with van der Waals surface area (Å²) in [5, 5.41) is 0. The smallest absolute Gasteiger partial charge is 0.137 e. The molecule has 1 aromatic carbocycles. The summed E-state index contributed by atoms with van der Waals surface area (Å²) in [7, 11) is 0. The van der Waals surface area contributed by atoms with Crippen molar-refractivity contribution in [3.05, 3.63) is 36.7 Å². The highest BCUT2D eigenvalue weighted by molar-refractivity contribution is 5.57. The molecule has 3 heteroatoms. The summed E-state index contributed by atoms with van der Waals surface area (Å²) >= 11 is 0. The highest BCUT2D eigenvalue weighted by Crippen LogP contribution is 2.20. The van der Waals surface area contributed by atoms with Crippen molar-refractivity contribution in [3.8, 4) is 17.1 Å². The van der Waals surface area contributed by atoms with Crippen molar-refractivity contribution >= 4 is 0 Å². The van der Waals surface area contributed by atoms with Gasteiger partial charge in [0, 0.05) is 18.0 Å². The van der Waals surface area contributed by atoms with Gasteiger partial charge in [0.1, 0.15) is 11.6 Å². The standard InChI is InChI=1S/C11H12N2O/c1-2-14-10-5-3-4-9(8-10)11-12-6-7-13-11/h3-8H,2H2,1H3,(H,12,13). The fraction of sp³-hybridized carbons (Fsp3) is 0.182. The van der Waals surface area contributed by atoms with E-state index in [0.717, 1.165) is 17.1 Å². The van der Waals surface area contributed by atoms with Gasteiger partial charge < -0.3 is 9.72 Å². The van der Waals surface area contributed by atoms with Gasteiger partial charge in [0.2, 0.25) is 0 Å². The first-order chi connectivity index (χ1) is 6.90. The van der Waals surface area contributed by atoms with Crippen molar-refractivity contribution in [1.29, 1.82) is 0 Å². The first-order valence-electron chi connectivity index (χ1n) is 4.63. The van der Waals surface area contributed by atoms with Crippen LogP contribution >= 0.6 is 0 Å². The Hall–Kier alpha value is -1.77. The Morgan fingerprint density at radius 2 is 2.36 bits per heavy atom. The monoisotopic (exact) mass is 188 g/mol. The van der Waals surface area contributed by atoms with Crippen LogP contribution in [0, 0.1) is 0 Å². The van der Waals surface area contributed by atoms with Crippen LogP contribution in [0.1, 0.15) is 6.92 Å². The molecule has 2 rings (SSSR count). The van der Waals surface area contributed by atoms with E-state index in [2.05, 4.69) is 9.97 Å². The van der Waals surface area contributed by atoms with Gasteiger partial charge in [-0.15, -0.1) is 0 Å². The predicted octanol–water partition coefficient (Wildman–Crippen LogP) is 2.48. The van der Waals surface area contributed by atoms with Crippen molar-refractivity contribution in [2.45, 2.75) is 6.92 Å². The molecule has 0 spiro atoms. The van der Waals surface area contributed by atoms with E-state index in [1.54, 1.807) is 6.20 Å². The molecule has 0 aliphatic heterocycles. The van der Waals surface area contributed by atoms with Crippen LogP contribution in [0.15, 0.2) is 36.7 Å². The fourth-order valence-electron chi connectivity index (χ4n) is 1.32. The van der Waals surface area contributed by atoms with Crippen molar-refractivity contribution in [2.24, 2.45) is 0 Å². The summed E-state index contributed by atoms with van der Waals surface area (Å²) in [5.74, 6) is 1.74. The summed E-state index contributed by atoms with van der Waals surface area (Å²) in [6.07, 6.45) is 3.55. The van der Waals surface area contributed by atoms with Crippen LogP contribution in [-0.4, -0.2) is 16.6 Å². The molecule has 0 atom stereocenters. The molecule has 0 bridgehead atoms. The molecular weight excluding hydrogens is 176 g/mol. The van der Waals surface area contributed by atoms with Crippen LogP contribution in [0.3, 0.4) is 0 Å². The maximum absolute atomic E-state index is 5.40. The summed E-state index contributed by atoms with van der Waals surface area (Å²) < 4.78 is 5.40.